The largest absolute Gasteiger partial charge is 0.390 e. The second-order valence-corrected chi connectivity index (χ2v) is 5.82. The molecule has 0 heterocycles. The molecule has 2 atom stereocenters. The minimum Gasteiger partial charge on any atom is -0.390 e. The molecule has 4 saturated carbocycles. The van der Waals surface area contributed by atoms with Gasteiger partial charge in [0.25, 0.3) is 0 Å². The minimum absolute atomic E-state index is 0. The maximum absolute atomic E-state index is 10.2. The van der Waals surface area contributed by atoms with E-state index in [-0.39, 0.29) is 17.9 Å². The Bertz CT molecular complexity index is 220. The van der Waals surface area contributed by atoms with E-state index in [4.69, 9.17) is 5.73 Å². The SMILES string of the molecule is Cl.NC12CC3CC(O)(C1)CC(O)(C3)C2. The van der Waals surface area contributed by atoms with Gasteiger partial charge in [0.15, 0.2) is 0 Å². The molecule has 0 saturated heterocycles. The van der Waals surface area contributed by atoms with Crippen molar-refractivity contribution in [1.82, 2.24) is 0 Å². The Morgan fingerprint density at radius 3 is 1.79 bits per heavy atom. The van der Waals surface area contributed by atoms with Gasteiger partial charge in [-0.2, -0.15) is 0 Å². The second-order valence-electron chi connectivity index (χ2n) is 5.82. The van der Waals surface area contributed by atoms with E-state index in [1.54, 1.807) is 0 Å². The Balaban J connectivity index is 0.000000750. The predicted molar refractivity (Wildman–Crippen MR) is 55.3 cm³/mol. The Morgan fingerprint density at radius 1 is 0.929 bits per heavy atom. The number of halogens is 1. The fourth-order valence-electron chi connectivity index (χ4n) is 4.41. The van der Waals surface area contributed by atoms with Crippen LogP contribution in [0.2, 0.25) is 0 Å². The van der Waals surface area contributed by atoms with Crippen molar-refractivity contribution in [1.29, 1.82) is 0 Å². The molecule has 0 radical (unpaired) electrons. The first-order valence-corrected chi connectivity index (χ1v) is 5.14. The summed E-state index contributed by atoms with van der Waals surface area (Å²) in [7, 11) is 0. The van der Waals surface area contributed by atoms with E-state index in [0.29, 0.717) is 25.2 Å². The van der Waals surface area contributed by atoms with Crippen LogP contribution in [0, 0.1) is 5.92 Å². The van der Waals surface area contributed by atoms with Gasteiger partial charge in [0, 0.05) is 12.0 Å². The molecule has 4 aliphatic rings. The van der Waals surface area contributed by atoms with Crippen LogP contribution in [0.15, 0.2) is 0 Å². The van der Waals surface area contributed by atoms with E-state index in [1.165, 1.54) is 0 Å². The summed E-state index contributed by atoms with van der Waals surface area (Å²) in [6, 6.07) is 0. The van der Waals surface area contributed by atoms with Crippen molar-refractivity contribution >= 4 is 12.4 Å². The van der Waals surface area contributed by atoms with Crippen molar-refractivity contribution in [3.05, 3.63) is 0 Å². The van der Waals surface area contributed by atoms with Crippen LogP contribution in [0.4, 0.5) is 0 Å². The first kappa shape index (κ1) is 10.7. The molecule has 3 nitrogen and oxygen atoms in total. The first-order valence-electron chi connectivity index (χ1n) is 5.14. The van der Waals surface area contributed by atoms with Crippen LogP contribution in [0.1, 0.15) is 38.5 Å². The number of rotatable bonds is 0. The lowest BCUT2D eigenvalue weighted by Crippen LogP contribution is -2.68. The number of hydrogen-bond donors (Lipinski definition) is 3. The molecule has 4 fully saturated rings. The highest BCUT2D eigenvalue weighted by Crippen LogP contribution is 2.58. The summed E-state index contributed by atoms with van der Waals surface area (Å²) in [5, 5.41) is 20.4. The Labute approximate surface area is 90.1 Å². The molecule has 0 aliphatic heterocycles. The molecular formula is C10H18ClNO2. The van der Waals surface area contributed by atoms with E-state index < -0.39 is 11.2 Å². The standard InChI is InChI=1S/C10H17NO2.ClH/c11-8-1-7-2-9(12,4-8)6-10(13,3-7)5-8;/h7,12-13H,1-6,11H2;1H. The lowest BCUT2D eigenvalue weighted by atomic mass is 9.49. The quantitative estimate of drug-likeness (QED) is 0.558. The van der Waals surface area contributed by atoms with Crippen molar-refractivity contribution in [2.75, 3.05) is 0 Å². The van der Waals surface area contributed by atoms with Crippen molar-refractivity contribution in [2.45, 2.75) is 55.3 Å². The molecule has 0 aromatic heterocycles. The van der Waals surface area contributed by atoms with E-state index in [0.717, 1.165) is 19.3 Å². The predicted octanol–water partition coefficient (Wildman–Crippen LogP) is 0.566. The van der Waals surface area contributed by atoms with Crippen LogP contribution in [0.3, 0.4) is 0 Å². The van der Waals surface area contributed by atoms with Gasteiger partial charge in [-0.05, 0) is 38.0 Å². The summed E-state index contributed by atoms with van der Waals surface area (Å²) in [5.74, 6) is 0.455. The Morgan fingerprint density at radius 2 is 1.43 bits per heavy atom. The number of hydrogen-bond acceptors (Lipinski definition) is 3. The van der Waals surface area contributed by atoms with Gasteiger partial charge < -0.3 is 15.9 Å². The molecule has 0 amide bonds. The molecule has 4 N–H and O–H groups in total. The molecule has 82 valence electrons. The van der Waals surface area contributed by atoms with Gasteiger partial charge in [-0.3, -0.25) is 0 Å². The van der Waals surface area contributed by atoms with Gasteiger partial charge in [0.05, 0.1) is 11.2 Å². The monoisotopic (exact) mass is 219 g/mol. The van der Waals surface area contributed by atoms with Gasteiger partial charge in [0.1, 0.15) is 0 Å². The maximum atomic E-state index is 10.2. The van der Waals surface area contributed by atoms with Crippen molar-refractivity contribution < 1.29 is 10.2 Å². The van der Waals surface area contributed by atoms with Crippen LogP contribution < -0.4 is 5.73 Å². The highest BCUT2D eigenvalue weighted by Gasteiger charge is 2.61. The van der Waals surface area contributed by atoms with Crippen molar-refractivity contribution in [3.8, 4) is 0 Å². The molecule has 14 heavy (non-hydrogen) atoms. The average Bonchev–Trinajstić information content (AvgIpc) is 1.71. The minimum atomic E-state index is -0.650. The Hall–Kier alpha value is 0.170. The summed E-state index contributed by atoms with van der Waals surface area (Å²) in [6.07, 6.45) is 4.65. The van der Waals surface area contributed by atoms with E-state index in [9.17, 15) is 10.2 Å². The molecule has 4 rings (SSSR count). The van der Waals surface area contributed by atoms with Gasteiger partial charge in [-0.25, -0.2) is 0 Å². The van der Waals surface area contributed by atoms with E-state index in [1.807, 2.05) is 0 Å². The molecule has 4 heteroatoms. The average molecular weight is 220 g/mol. The highest BCUT2D eigenvalue weighted by atomic mass is 35.5. The zero-order chi connectivity index (χ0) is 9.32. The van der Waals surface area contributed by atoms with Gasteiger partial charge >= 0.3 is 0 Å². The Kier molecular flexibility index (Phi) is 2.02. The molecule has 0 spiro atoms. The van der Waals surface area contributed by atoms with Crippen molar-refractivity contribution in [3.63, 3.8) is 0 Å². The van der Waals surface area contributed by atoms with E-state index >= 15 is 0 Å². The third kappa shape index (κ3) is 1.38. The summed E-state index contributed by atoms with van der Waals surface area (Å²) < 4.78 is 0. The fraction of sp³-hybridized carbons (Fsp3) is 1.00. The molecule has 4 aliphatic carbocycles. The van der Waals surface area contributed by atoms with Crippen LogP contribution in [-0.4, -0.2) is 27.0 Å². The van der Waals surface area contributed by atoms with Crippen LogP contribution >= 0.6 is 12.4 Å². The third-order valence-electron chi connectivity index (χ3n) is 4.05. The zero-order valence-electron chi connectivity index (χ0n) is 8.20. The van der Waals surface area contributed by atoms with Crippen LogP contribution in [0.5, 0.6) is 0 Å². The van der Waals surface area contributed by atoms with Gasteiger partial charge in [0.2, 0.25) is 0 Å². The lowest BCUT2D eigenvalue weighted by Gasteiger charge is -2.62. The van der Waals surface area contributed by atoms with E-state index in [2.05, 4.69) is 0 Å². The maximum Gasteiger partial charge on any atom is 0.0695 e. The lowest BCUT2D eigenvalue weighted by molar-refractivity contribution is -0.205. The molecular weight excluding hydrogens is 202 g/mol. The molecule has 0 aromatic rings. The molecule has 2 unspecified atom stereocenters. The normalized spacial score (nSPS) is 59.8. The van der Waals surface area contributed by atoms with Crippen LogP contribution in [-0.2, 0) is 0 Å². The summed E-state index contributed by atoms with van der Waals surface area (Å²) in [5.41, 5.74) is 4.60. The highest BCUT2D eigenvalue weighted by molar-refractivity contribution is 5.85. The molecule has 4 bridgehead atoms. The van der Waals surface area contributed by atoms with Gasteiger partial charge in [-0.1, -0.05) is 0 Å². The number of nitrogens with two attached hydrogens (primary N) is 1. The summed E-state index contributed by atoms with van der Waals surface area (Å²) in [6.45, 7) is 0. The fourth-order valence-corrected chi connectivity index (χ4v) is 4.41. The molecule has 0 aromatic carbocycles. The summed E-state index contributed by atoms with van der Waals surface area (Å²) in [4.78, 5) is 0. The van der Waals surface area contributed by atoms with Crippen molar-refractivity contribution in [2.24, 2.45) is 11.7 Å². The third-order valence-corrected chi connectivity index (χ3v) is 4.05. The second kappa shape index (κ2) is 2.64. The summed E-state index contributed by atoms with van der Waals surface area (Å²) >= 11 is 0. The van der Waals surface area contributed by atoms with Crippen LogP contribution in [0.25, 0.3) is 0 Å². The topological polar surface area (TPSA) is 66.5 Å². The van der Waals surface area contributed by atoms with Gasteiger partial charge in [-0.15, -0.1) is 12.4 Å². The zero-order valence-corrected chi connectivity index (χ0v) is 9.02. The number of aliphatic hydroxyl groups is 2. The smallest absolute Gasteiger partial charge is 0.0695 e. The first-order chi connectivity index (χ1) is 5.91.